The van der Waals surface area contributed by atoms with Crippen molar-refractivity contribution in [1.82, 2.24) is 0 Å². The van der Waals surface area contributed by atoms with Gasteiger partial charge >= 0.3 is 57.1 Å². The monoisotopic (exact) mass is 297 g/mol. The molecule has 3 nitrogen and oxygen atoms in total. The third-order valence-corrected chi connectivity index (χ3v) is 1.29. The van der Waals surface area contributed by atoms with Gasteiger partial charge < -0.3 is 2.85 Å². The van der Waals surface area contributed by atoms with Crippen LogP contribution in [0.2, 0.25) is 0 Å². The van der Waals surface area contributed by atoms with Crippen molar-refractivity contribution >= 4 is 57.1 Å². The second kappa shape index (κ2) is 6.20. The van der Waals surface area contributed by atoms with Gasteiger partial charge in [-0.2, -0.15) is 0 Å². The standard InChI is InChI=1S/C6H5O3P.Ba.2H/c7-10(8)9-6-4-2-1-3-5-6;;;/h1-5H;;;/q;+2;2*-1/p+1. The van der Waals surface area contributed by atoms with E-state index in [0.717, 1.165) is 0 Å². The molecule has 0 saturated carbocycles. The van der Waals surface area contributed by atoms with Crippen LogP contribution in [0.3, 0.4) is 0 Å². The molecule has 0 aliphatic heterocycles. The van der Waals surface area contributed by atoms with E-state index in [-0.39, 0.29) is 51.7 Å². The summed E-state index contributed by atoms with van der Waals surface area (Å²) < 4.78 is 14.6. The predicted octanol–water partition coefficient (Wildman–Crippen LogP) is 1.56. The van der Waals surface area contributed by atoms with Crippen LogP contribution in [0.4, 0.5) is 0 Å². The molecular formula is C6H8BaO3P+. The Kier molecular flexibility index (Phi) is 6.57. The Morgan fingerprint density at radius 2 is 1.91 bits per heavy atom. The van der Waals surface area contributed by atoms with E-state index < -0.39 is 8.25 Å². The molecule has 56 valence electrons. The van der Waals surface area contributed by atoms with Gasteiger partial charge in [0.1, 0.15) is 0 Å². The van der Waals surface area contributed by atoms with Crippen molar-refractivity contribution in [2.24, 2.45) is 0 Å². The number of hydrogen-bond donors (Lipinski definition) is 1. The molecule has 1 rings (SSSR count). The topological polar surface area (TPSA) is 46.5 Å². The molecule has 0 fully saturated rings. The molecule has 0 radical (unpaired) electrons. The fraction of sp³-hybridized carbons (Fsp3) is 0. The normalized spacial score (nSPS) is 9.73. The summed E-state index contributed by atoms with van der Waals surface area (Å²) in [6.07, 6.45) is 0. The largest absolute Gasteiger partial charge is 2.00 e. The minimum absolute atomic E-state index is 0. The molecule has 0 aromatic heterocycles. The fourth-order valence-corrected chi connectivity index (χ4v) is 0.874. The van der Waals surface area contributed by atoms with Crippen LogP contribution >= 0.6 is 8.25 Å². The molecule has 0 bridgehead atoms. The maximum absolute atomic E-state index is 10.1. The van der Waals surface area contributed by atoms with Crippen LogP contribution in [0.25, 0.3) is 0 Å². The zero-order valence-electron chi connectivity index (χ0n) is 7.80. The summed E-state index contributed by atoms with van der Waals surface area (Å²) in [5.74, 6) is 0.408. The maximum Gasteiger partial charge on any atom is 2.00 e. The minimum Gasteiger partial charge on any atom is -1.00 e. The molecule has 1 N–H and O–H groups in total. The molecule has 0 aliphatic carbocycles. The van der Waals surface area contributed by atoms with Crippen LogP contribution in [0.15, 0.2) is 30.3 Å². The Morgan fingerprint density at radius 1 is 1.36 bits per heavy atom. The van der Waals surface area contributed by atoms with E-state index in [0.29, 0.717) is 5.75 Å². The first-order valence-electron chi connectivity index (χ1n) is 2.68. The zero-order valence-corrected chi connectivity index (χ0v) is 11.1. The van der Waals surface area contributed by atoms with Gasteiger partial charge in [0, 0.05) is 4.57 Å². The van der Waals surface area contributed by atoms with E-state index in [9.17, 15) is 4.57 Å². The molecule has 0 aliphatic rings. The first-order valence-corrected chi connectivity index (χ1v) is 3.81. The van der Waals surface area contributed by atoms with Crippen molar-refractivity contribution in [2.45, 2.75) is 0 Å². The Balaban J connectivity index is -0.000000333. The van der Waals surface area contributed by atoms with Crippen molar-refractivity contribution in [3.05, 3.63) is 30.3 Å². The number of benzene rings is 1. The molecule has 0 spiro atoms. The van der Waals surface area contributed by atoms with Crippen molar-refractivity contribution < 1.29 is 16.8 Å². The molecular weight excluding hydrogens is 288 g/mol. The van der Waals surface area contributed by atoms with E-state index in [2.05, 4.69) is 4.52 Å². The number of rotatable bonds is 2. The third kappa shape index (κ3) is 4.98. The van der Waals surface area contributed by atoms with Crippen LogP contribution < -0.4 is 4.52 Å². The minimum atomic E-state index is -2.53. The van der Waals surface area contributed by atoms with Gasteiger partial charge in [-0.3, -0.25) is 0 Å². The van der Waals surface area contributed by atoms with Crippen LogP contribution in [0.5, 0.6) is 5.75 Å². The summed E-state index contributed by atoms with van der Waals surface area (Å²) in [5, 5.41) is 0. The van der Waals surface area contributed by atoms with Gasteiger partial charge in [-0.05, 0) is 12.1 Å². The summed E-state index contributed by atoms with van der Waals surface area (Å²) in [4.78, 5) is 8.29. The molecule has 1 aromatic rings. The second-order valence-electron chi connectivity index (χ2n) is 1.64. The van der Waals surface area contributed by atoms with Crippen LogP contribution in [0.1, 0.15) is 2.85 Å². The molecule has 5 heteroatoms. The molecule has 0 amide bonds. The Morgan fingerprint density at radius 3 is 2.36 bits per heavy atom. The van der Waals surface area contributed by atoms with E-state index in [4.69, 9.17) is 4.89 Å². The Bertz CT molecular complexity index is 235. The van der Waals surface area contributed by atoms with E-state index in [1.54, 1.807) is 30.3 Å². The SMILES string of the molecule is O=[P+](O)Oc1ccccc1.[Ba+2].[H-].[H-]. The van der Waals surface area contributed by atoms with E-state index in [1.165, 1.54) is 0 Å². The Hall–Kier alpha value is 0.651. The zero-order chi connectivity index (χ0) is 7.40. The number of hydrogen-bond acceptors (Lipinski definition) is 2. The molecule has 1 atom stereocenters. The van der Waals surface area contributed by atoms with Crippen molar-refractivity contribution in [2.75, 3.05) is 0 Å². The van der Waals surface area contributed by atoms with Gasteiger partial charge in [-0.25, -0.2) is 4.52 Å². The van der Waals surface area contributed by atoms with Crippen molar-refractivity contribution in [3.63, 3.8) is 0 Å². The molecule has 0 saturated heterocycles. The third-order valence-electron chi connectivity index (χ3n) is 0.927. The van der Waals surface area contributed by atoms with Crippen LogP contribution in [-0.4, -0.2) is 53.8 Å². The van der Waals surface area contributed by atoms with Gasteiger partial charge in [-0.15, -0.1) is 4.89 Å². The first kappa shape index (κ1) is 11.7. The summed E-state index contributed by atoms with van der Waals surface area (Å²) >= 11 is 0. The van der Waals surface area contributed by atoms with E-state index in [1.807, 2.05) is 0 Å². The van der Waals surface area contributed by atoms with Crippen LogP contribution in [0, 0.1) is 0 Å². The van der Waals surface area contributed by atoms with Gasteiger partial charge in [0.05, 0.1) is 0 Å². The van der Waals surface area contributed by atoms with E-state index >= 15 is 0 Å². The van der Waals surface area contributed by atoms with Gasteiger partial charge in [0.2, 0.25) is 0 Å². The maximum atomic E-state index is 10.1. The smallest absolute Gasteiger partial charge is 1.00 e. The van der Waals surface area contributed by atoms with Gasteiger partial charge in [-0.1, -0.05) is 18.2 Å². The molecule has 1 aromatic carbocycles. The average molecular weight is 296 g/mol. The Labute approximate surface area is 109 Å². The van der Waals surface area contributed by atoms with Gasteiger partial charge in [0.25, 0.3) is 0 Å². The molecule has 0 heterocycles. The predicted molar refractivity (Wildman–Crippen MR) is 44.9 cm³/mol. The summed E-state index contributed by atoms with van der Waals surface area (Å²) in [6.45, 7) is 0. The first-order chi connectivity index (χ1) is 4.79. The number of para-hydroxylation sites is 1. The summed E-state index contributed by atoms with van der Waals surface area (Å²) in [5.41, 5.74) is 0. The second-order valence-corrected chi connectivity index (χ2v) is 2.30. The molecule has 11 heavy (non-hydrogen) atoms. The quantitative estimate of drug-likeness (QED) is 0.665. The van der Waals surface area contributed by atoms with Gasteiger partial charge in [0.15, 0.2) is 5.75 Å². The average Bonchev–Trinajstić information content (AvgIpc) is 1.88. The summed E-state index contributed by atoms with van der Waals surface area (Å²) in [6, 6.07) is 8.49. The van der Waals surface area contributed by atoms with Crippen molar-refractivity contribution in [1.29, 1.82) is 0 Å². The summed E-state index contributed by atoms with van der Waals surface area (Å²) in [7, 11) is -2.53. The fourth-order valence-electron chi connectivity index (χ4n) is 0.572. The van der Waals surface area contributed by atoms with Crippen molar-refractivity contribution in [3.8, 4) is 5.75 Å². The van der Waals surface area contributed by atoms with Crippen LogP contribution in [-0.2, 0) is 4.57 Å². The molecule has 1 unspecified atom stereocenters.